The lowest BCUT2D eigenvalue weighted by Crippen LogP contribution is -2.32. The van der Waals surface area contributed by atoms with Crippen molar-refractivity contribution in [3.63, 3.8) is 0 Å². The normalized spacial score (nSPS) is 13.9. The molecule has 0 saturated heterocycles. The zero-order valence-corrected chi connectivity index (χ0v) is 11.2. The Morgan fingerprint density at radius 3 is 2.81 bits per heavy atom. The van der Waals surface area contributed by atoms with Crippen molar-refractivity contribution in [3.8, 4) is 0 Å². The van der Waals surface area contributed by atoms with Gasteiger partial charge in [0.2, 0.25) is 10.0 Å². The van der Waals surface area contributed by atoms with Crippen LogP contribution in [0.15, 0.2) is 16.3 Å². The summed E-state index contributed by atoms with van der Waals surface area (Å²) in [6.07, 6.45) is 1.79. The average Bonchev–Trinajstić information content (AvgIpc) is 2.65. The van der Waals surface area contributed by atoms with Crippen LogP contribution in [0.1, 0.15) is 31.6 Å². The Kier molecular flexibility index (Phi) is 4.91. The number of hydrogen-bond donors (Lipinski definition) is 2. The highest BCUT2D eigenvalue weighted by Crippen LogP contribution is 2.21. The van der Waals surface area contributed by atoms with Crippen LogP contribution in [-0.4, -0.2) is 14.5 Å². The van der Waals surface area contributed by atoms with Crippen LogP contribution in [0.2, 0.25) is 0 Å². The molecule has 1 heterocycles. The van der Waals surface area contributed by atoms with Gasteiger partial charge in [0.25, 0.3) is 0 Å². The second-order valence-corrected chi connectivity index (χ2v) is 6.41. The maximum absolute atomic E-state index is 12.0. The van der Waals surface area contributed by atoms with Gasteiger partial charge in [-0.15, -0.1) is 11.3 Å². The first-order valence-corrected chi connectivity index (χ1v) is 7.66. The lowest BCUT2D eigenvalue weighted by Gasteiger charge is -2.13. The topological polar surface area (TPSA) is 72.2 Å². The molecule has 1 atom stereocenters. The molecule has 1 unspecified atom stereocenters. The summed E-state index contributed by atoms with van der Waals surface area (Å²) in [4.78, 5) is 1.03. The van der Waals surface area contributed by atoms with E-state index in [0.717, 1.165) is 12.8 Å². The van der Waals surface area contributed by atoms with E-state index >= 15 is 0 Å². The molecule has 16 heavy (non-hydrogen) atoms. The minimum atomic E-state index is -3.40. The molecule has 0 saturated carbocycles. The van der Waals surface area contributed by atoms with Crippen molar-refractivity contribution in [3.05, 3.63) is 16.3 Å². The molecule has 0 amide bonds. The summed E-state index contributed by atoms with van der Waals surface area (Å²) < 4.78 is 26.7. The number of nitrogens with one attached hydrogen (secondary N) is 1. The fourth-order valence-electron chi connectivity index (χ4n) is 1.54. The van der Waals surface area contributed by atoms with E-state index in [2.05, 4.69) is 4.72 Å². The van der Waals surface area contributed by atoms with Crippen LogP contribution < -0.4 is 10.5 Å². The standard InChI is InChI=1S/C10H18N2O2S2/c1-3-4-8(2)12-16(13,14)10-5-6-15-9(10)7-11/h5-6,8,12H,3-4,7,11H2,1-2H3. The van der Waals surface area contributed by atoms with E-state index in [4.69, 9.17) is 5.73 Å². The second-order valence-electron chi connectivity index (χ2n) is 3.72. The molecule has 0 spiro atoms. The third kappa shape index (κ3) is 3.28. The largest absolute Gasteiger partial charge is 0.326 e. The van der Waals surface area contributed by atoms with E-state index in [1.165, 1.54) is 11.3 Å². The Morgan fingerprint density at radius 2 is 2.25 bits per heavy atom. The van der Waals surface area contributed by atoms with Crippen LogP contribution in [-0.2, 0) is 16.6 Å². The SMILES string of the molecule is CCCC(C)NS(=O)(=O)c1ccsc1CN. The predicted octanol–water partition coefficient (Wildman–Crippen LogP) is 1.67. The monoisotopic (exact) mass is 262 g/mol. The van der Waals surface area contributed by atoms with E-state index in [-0.39, 0.29) is 12.6 Å². The van der Waals surface area contributed by atoms with Crippen molar-refractivity contribution < 1.29 is 8.42 Å². The molecule has 1 aromatic heterocycles. The first kappa shape index (κ1) is 13.6. The summed E-state index contributed by atoms with van der Waals surface area (Å²) in [6.45, 7) is 4.16. The molecule has 0 aromatic carbocycles. The smallest absolute Gasteiger partial charge is 0.241 e. The zero-order chi connectivity index (χ0) is 12.2. The number of hydrogen-bond acceptors (Lipinski definition) is 4. The highest BCUT2D eigenvalue weighted by atomic mass is 32.2. The maximum atomic E-state index is 12.0. The van der Waals surface area contributed by atoms with Gasteiger partial charge < -0.3 is 5.73 Å². The summed E-state index contributed by atoms with van der Waals surface area (Å²) in [5.74, 6) is 0. The van der Waals surface area contributed by atoms with Gasteiger partial charge in [0.1, 0.15) is 0 Å². The fraction of sp³-hybridized carbons (Fsp3) is 0.600. The highest BCUT2D eigenvalue weighted by molar-refractivity contribution is 7.89. The van der Waals surface area contributed by atoms with Gasteiger partial charge in [-0.3, -0.25) is 0 Å². The lowest BCUT2D eigenvalue weighted by molar-refractivity contribution is 0.543. The molecular formula is C10H18N2O2S2. The number of nitrogens with two attached hydrogens (primary N) is 1. The molecule has 0 radical (unpaired) electrons. The Bertz CT molecular complexity index is 426. The van der Waals surface area contributed by atoms with Crippen LogP contribution in [0, 0.1) is 0 Å². The Balaban J connectivity index is 2.86. The first-order chi connectivity index (χ1) is 7.51. The van der Waals surface area contributed by atoms with Crippen LogP contribution >= 0.6 is 11.3 Å². The molecule has 4 nitrogen and oxygen atoms in total. The van der Waals surface area contributed by atoms with E-state index in [1.807, 2.05) is 13.8 Å². The number of rotatable bonds is 6. The Labute approximate surface area is 101 Å². The van der Waals surface area contributed by atoms with Gasteiger partial charge in [-0.2, -0.15) is 0 Å². The molecule has 0 aliphatic heterocycles. The van der Waals surface area contributed by atoms with Crippen LogP contribution in [0.25, 0.3) is 0 Å². The van der Waals surface area contributed by atoms with E-state index in [0.29, 0.717) is 9.77 Å². The van der Waals surface area contributed by atoms with Gasteiger partial charge >= 0.3 is 0 Å². The summed E-state index contributed by atoms with van der Waals surface area (Å²) in [5, 5.41) is 1.75. The van der Waals surface area contributed by atoms with Crippen molar-refractivity contribution in [1.29, 1.82) is 0 Å². The molecule has 0 aliphatic carbocycles. The summed E-state index contributed by atoms with van der Waals surface area (Å²) >= 11 is 1.37. The minimum Gasteiger partial charge on any atom is -0.326 e. The molecule has 3 N–H and O–H groups in total. The van der Waals surface area contributed by atoms with Crippen LogP contribution in [0.5, 0.6) is 0 Å². The van der Waals surface area contributed by atoms with Gasteiger partial charge in [0, 0.05) is 17.5 Å². The number of thiophene rings is 1. The highest BCUT2D eigenvalue weighted by Gasteiger charge is 2.20. The molecule has 1 aromatic rings. The molecule has 92 valence electrons. The van der Waals surface area contributed by atoms with Crippen molar-refractivity contribution in [2.24, 2.45) is 5.73 Å². The second kappa shape index (κ2) is 5.77. The van der Waals surface area contributed by atoms with E-state index in [9.17, 15) is 8.42 Å². The van der Waals surface area contributed by atoms with Crippen molar-refractivity contribution in [1.82, 2.24) is 4.72 Å². The summed E-state index contributed by atoms with van der Waals surface area (Å²) in [5.41, 5.74) is 5.50. The minimum absolute atomic E-state index is 0.0412. The molecule has 0 aliphatic rings. The van der Waals surface area contributed by atoms with Crippen molar-refractivity contribution >= 4 is 21.4 Å². The Hall–Kier alpha value is -0.430. The summed E-state index contributed by atoms with van der Waals surface area (Å²) in [7, 11) is -3.40. The van der Waals surface area contributed by atoms with Crippen molar-refractivity contribution in [2.45, 2.75) is 44.2 Å². The van der Waals surface area contributed by atoms with Gasteiger partial charge in [0.05, 0.1) is 4.90 Å². The van der Waals surface area contributed by atoms with Gasteiger partial charge in [-0.05, 0) is 24.8 Å². The van der Waals surface area contributed by atoms with Crippen molar-refractivity contribution in [2.75, 3.05) is 0 Å². The molecule has 0 fully saturated rings. The maximum Gasteiger partial charge on any atom is 0.241 e. The third-order valence-corrected chi connectivity index (χ3v) is 5.00. The zero-order valence-electron chi connectivity index (χ0n) is 9.56. The first-order valence-electron chi connectivity index (χ1n) is 5.30. The van der Waals surface area contributed by atoms with E-state index in [1.54, 1.807) is 11.4 Å². The van der Waals surface area contributed by atoms with Crippen LogP contribution in [0.4, 0.5) is 0 Å². The molecule has 6 heteroatoms. The van der Waals surface area contributed by atoms with Gasteiger partial charge in [-0.25, -0.2) is 13.1 Å². The number of sulfonamides is 1. The van der Waals surface area contributed by atoms with Crippen LogP contribution in [0.3, 0.4) is 0 Å². The molecule has 1 rings (SSSR count). The molecule has 0 bridgehead atoms. The van der Waals surface area contributed by atoms with Gasteiger partial charge in [-0.1, -0.05) is 13.3 Å². The lowest BCUT2D eigenvalue weighted by atomic mass is 10.2. The van der Waals surface area contributed by atoms with Gasteiger partial charge in [0.15, 0.2) is 0 Å². The third-order valence-electron chi connectivity index (χ3n) is 2.26. The van der Waals surface area contributed by atoms with E-state index < -0.39 is 10.0 Å². The Morgan fingerprint density at radius 1 is 1.56 bits per heavy atom. The quantitative estimate of drug-likeness (QED) is 0.819. The predicted molar refractivity (Wildman–Crippen MR) is 66.9 cm³/mol. The fourth-order valence-corrected chi connectivity index (χ4v) is 4.15. The summed E-state index contributed by atoms with van der Waals surface area (Å²) in [6, 6.07) is 1.56. The average molecular weight is 262 g/mol. The molecular weight excluding hydrogens is 244 g/mol.